The monoisotopic (exact) mass is 453 g/mol. The van der Waals surface area contributed by atoms with Crippen LogP contribution in [0.5, 0.6) is 0 Å². The SMILES string of the molecule is CC(=O)N[C@H](CC(=O)N1CCN([C@H](C)c2nc(-c3ccccc3)no2)CC1)c1cccs1. The van der Waals surface area contributed by atoms with Gasteiger partial charge in [0.15, 0.2) is 0 Å². The third-order valence-electron chi connectivity index (χ3n) is 5.69. The lowest BCUT2D eigenvalue weighted by molar-refractivity contribution is -0.134. The molecule has 1 saturated heterocycles. The zero-order valence-electron chi connectivity index (χ0n) is 18.2. The molecule has 168 valence electrons. The van der Waals surface area contributed by atoms with Crippen LogP contribution >= 0.6 is 11.3 Å². The summed E-state index contributed by atoms with van der Waals surface area (Å²) in [4.78, 5) is 34.2. The van der Waals surface area contributed by atoms with Crippen LogP contribution in [0, 0.1) is 0 Å². The summed E-state index contributed by atoms with van der Waals surface area (Å²) in [5.41, 5.74) is 0.921. The lowest BCUT2D eigenvalue weighted by Gasteiger charge is -2.37. The second kappa shape index (κ2) is 10.1. The Hall–Kier alpha value is -3.04. The topological polar surface area (TPSA) is 91.6 Å². The van der Waals surface area contributed by atoms with Crippen LogP contribution in [0.15, 0.2) is 52.4 Å². The standard InChI is InChI=1S/C23H27N5O3S/c1-16(23-25-22(26-31-23)18-7-4-3-5-8-18)27-10-12-28(13-11-27)21(30)15-19(24-17(2)29)20-9-6-14-32-20/h3-9,14,16,19H,10-13,15H2,1-2H3,(H,24,29)/t16-,19-/m1/s1. The third kappa shape index (κ3) is 5.23. The Kier molecular flexibility index (Phi) is 6.96. The largest absolute Gasteiger partial charge is 0.348 e. The van der Waals surface area contributed by atoms with Crippen LogP contribution in [0.4, 0.5) is 0 Å². The third-order valence-corrected chi connectivity index (χ3v) is 6.67. The van der Waals surface area contributed by atoms with Gasteiger partial charge in [-0.25, -0.2) is 0 Å². The maximum absolute atomic E-state index is 12.9. The number of nitrogens with one attached hydrogen (secondary N) is 1. The summed E-state index contributed by atoms with van der Waals surface area (Å²) in [6.45, 7) is 6.22. The van der Waals surface area contributed by atoms with Crippen molar-refractivity contribution in [1.29, 1.82) is 0 Å². The van der Waals surface area contributed by atoms with Crippen molar-refractivity contribution in [1.82, 2.24) is 25.3 Å². The molecule has 1 N–H and O–H groups in total. The summed E-state index contributed by atoms with van der Waals surface area (Å²) in [7, 11) is 0. The average Bonchev–Trinajstić information content (AvgIpc) is 3.51. The fraction of sp³-hybridized carbons (Fsp3) is 0.391. The number of amides is 2. The Morgan fingerprint density at radius 3 is 2.53 bits per heavy atom. The summed E-state index contributed by atoms with van der Waals surface area (Å²) >= 11 is 1.55. The predicted molar refractivity (Wildman–Crippen MR) is 122 cm³/mol. The highest BCUT2D eigenvalue weighted by molar-refractivity contribution is 7.10. The normalized spacial score (nSPS) is 16.5. The number of nitrogens with zero attached hydrogens (tertiary/aromatic N) is 4. The van der Waals surface area contributed by atoms with Crippen LogP contribution in [-0.4, -0.2) is 57.9 Å². The molecule has 0 aliphatic carbocycles. The Morgan fingerprint density at radius 2 is 1.88 bits per heavy atom. The lowest BCUT2D eigenvalue weighted by atomic mass is 10.1. The molecule has 8 nitrogen and oxygen atoms in total. The van der Waals surface area contributed by atoms with Gasteiger partial charge < -0.3 is 14.7 Å². The van der Waals surface area contributed by atoms with Crippen LogP contribution in [-0.2, 0) is 9.59 Å². The van der Waals surface area contributed by atoms with Gasteiger partial charge in [0.05, 0.1) is 18.5 Å². The van der Waals surface area contributed by atoms with Gasteiger partial charge in [0.1, 0.15) is 0 Å². The molecule has 0 unspecified atom stereocenters. The summed E-state index contributed by atoms with van der Waals surface area (Å²) in [6, 6.07) is 13.3. The molecule has 1 fully saturated rings. The highest BCUT2D eigenvalue weighted by Gasteiger charge is 2.29. The van der Waals surface area contributed by atoms with Crippen molar-refractivity contribution < 1.29 is 14.1 Å². The van der Waals surface area contributed by atoms with Gasteiger partial charge in [0, 0.05) is 43.5 Å². The van der Waals surface area contributed by atoms with E-state index in [9.17, 15) is 9.59 Å². The van der Waals surface area contributed by atoms with E-state index >= 15 is 0 Å². The van der Waals surface area contributed by atoms with Crippen molar-refractivity contribution in [3.8, 4) is 11.4 Å². The molecule has 2 atom stereocenters. The van der Waals surface area contributed by atoms with Gasteiger partial charge in [0.2, 0.25) is 23.5 Å². The number of thiophene rings is 1. The first-order valence-electron chi connectivity index (χ1n) is 10.7. The van der Waals surface area contributed by atoms with E-state index in [0.29, 0.717) is 24.8 Å². The van der Waals surface area contributed by atoms with Crippen molar-refractivity contribution in [2.24, 2.45) is 0 Å². The lowest BCUT2D eigenvalue weighted by Crippen LogP contribution is -2.49. The summed E-state index contributed by atoms with van der Waals surface area (Å²) in [6.07, 6.45) is 0.264. The quantitative estimate of drug-likeness (QED) is 0.590. The first kappa shape index (κ1) is 22.2. The van der Waals surface area contributed by atoms with E-state index in [4.69, 9.17) is 4.52 Å². The highest BCUT2D eigenvalue weighted by atomic mass is 32.1. The Balaban J connectivity index is 1.33. The maximum atomic E-state index is 12.9. The minimum absolute atomic E-state index is 0.0320. The summed E-state index contributed by atoms with van der Waals surface area (Å²) in [5.74, 6) is 1.07. The molecule has 32 heavy (non-hydrogen) atoms. The van der Waals surface area contributed by atoms with Gasteiger partial charge in [-0.15, -0.1) is 11.3 Å². The molecule has 1 aliphatic heterocycles. The molecule has 1 aliphatic rings. The molecule has 2 amide bonds. The van der Waals surface area contributed by atoms with E-state index in [1.165, 1.54) is 6.92 Å². The smallest absolute Gasteiger partial charge is 0.244 e. The molecule has 1 aromatic carbocycles. The second-order valence-electron chi connectivity index (χ2n) is 7.89. The Bertz CT molecular complexity index is 1030. The zero-order valence-corrected chi connectivity index (χ0v) is 19.0. The van der Waals surface area contributed by atoms with Crippen LogP contribution < -0.4 is 5.32 Å². The number of rotatable bonds is 7. The van der Waals surface area contributed by atoms with E-state index in [1.807, 2.05) is 59.7 Å². The van der Waals surface area contributed by atoms with Gasteiger partial charge >= 0.3 is 0 Å². The zero-order chi connectivity index (χ0) is 22.5. The van der Waals surface area contributed by atoms with Gasteiger partial charge in [-0.05, 0) is 18.4 Å². The molecule has 4 rings (SSSR count). The van der Waals surface area contributed by atoms with Gasteiger partial charge in [-0.2, -0.15) is 4.98 Å². The van der Waals surface area contributed by atoms with Crippen molar-refractivity contribution in [2.45, 2.75) is 32.4 Å². The second-order valence-corrected chi connectivity index (χ2v) is 8.87. The molecule has 0 spiro atoms. The molecule has 3 aromatic rings. The van der Waals surface area contributed by atoms with Gasteiger partial charge in [0.25, 0.3) is 0 Å². The van der Waals surface area contributed by atoms with Crippen molar-refractivity contribution in [3.05, 3.63) is 58.6 Å². The minimum atomic E-state index is -0.285. The van der Waals surface area contributed by atoms with Crippen LogP contribution in [0.25, 0.3) is 11.4 Å². The van der Waals surface area contributed by atoms with Crippen molar-refractivity contribution in [2.75, 3.05) is 26.2 Å². The van der Waals surface area contributed by atoms with Crippen molar-refractivity contribution >= 4 is 23.2 Å². The van der Waals surface area contributed by atoms with E-state index in [1.54, 1.807) is 11.3 Å². The van der Waals surface area contributed by atoms with Crippen LogP contribution in [0.3, 0.4) is 0 Å². The van der Waals surface area contributed by atoms with E-state index in [2.05, 4.69) is 20.4 Å². The predicted octanol–water partition coefficient (Wildman–Crippen LogP) is 3.27. The van der Waals surface area contributed by atoms with Crippen LogP contribution in [0.2, 0.25) is 0 Å². The number of benzene rings is 1. The highest BCUT2D eigenvalue weighted by Crippen LogP contribution is 2.25. The number of carbonyl (C=O) groups excluding carboxylic acids is 2. The number of hydrogen-bond acceptors (Lipinski definition) is 7. The molecule has 0 saturated carbocycles. The van der Waals surface area contributed by atoms with E-state index in [0.717, 1.165) is 23.5 Å². The molecule has 3 heterocycles. The molecule has 9 heteroatoms. The van der Waals surface area contributed by atoms with Gasteiger partial charge in [-0.1, -0.05) is 41.6 Å². The van der Waals surface area contributed by atoms with E-state index in [-0.39, 0.29) is 30.3 Å². The molecular weight excluding hydrogens is 426 g/mol. The van der Waals surface area contributed by atoms with Crippen LogP contribution in [0.1, 0.15) is 43.1 Å². The molecule has 0 bridgehead atoms. The molecule has 0 radical (unpaired) electrons. The fourth-order valence-electron chi connectivity index (χ4n) is 3.89. The first-order valence-corrected chi connectivity index (χ1v) is 11.6. The average molecular weight is 454 g/mol. The minimum Gasteiger partial charge on any atom is -0.348 e. The number of aromatic nitrogens is 2. The number of piperazine rings is 1. The first-order chi connectivity index (χ1) is 15.5. The van der Waals surface area contributed by atoms with Crippen molar-refractivity contribution in [3.63, 3.8) is 0 Å². The number of carbonyl (C=O) groups is 2. The van der Waals surface area contributed by atoms with Gasteiger partial charge in [-0.3, -0.25) is 14.5 Å². The van der Waals surface area contributed by atoms with E-state index < -0.39 is 0 Å². The maximum Gasteiger partial charge on any atom is 0.244 e. The summed E-state index contributed by atoms with van der Waals surface area (Å²) in [5, 5.41) is 8.97. The Morgan fingerprint density at radius 1 is 1.12 bits per heavy atom. The summed E-state index contributed by atoms with van der Waals surface area (Å²) < 4.78 is 5.52. The number of hydrogen-bond donors (Lipinski definition) is 1. The molecule has 2 aromatic heterocycles. The molecular formula is C23H27N5O3S. The Labute approximate surface area is 191 Å². The fourth-order valence-corrected chi connectivity index (χ4v) is 4.66.